The molecule has 92 valence electrons. The molecule has 1 saturated heterocycles. The Kier molecular flexibility index (Phi) is 3.57. The number of carbonyl (C=O) groups is 1. The number of hydrogen-bond donors (Lipinski definition) is 1. The van der Waals surface area contributed by atoms with Gasteiger partial charge in [-0.1, -0.05) is 41.9 Å². The van der Waals surface area contributed by atoms with Crippen molar-refractivity contribution in [1.29, 1.82) is 0 Å². The van der Waals surface area contributed by atoms with Crippen LogP contribution in [0.3, 0.4) is 0 Å². The van der Waals surface area contributed by atoms with Crippen molar-refractivity contribution in [3.8, 4) is 0 Å². The number of nitrogens with one attached hydrogen (secondary N) is 1. The highest BCUT2D eigenvalue weighted by atomic mass is 79.9. The molecule has 1 aromatic carbocycles. The van der Waals surface area contributed by atoms with Gasteiger partial charge < -0.3 is 5.32 Å². The summed E-state index contributed by atoms with van der Waals surface area (Å²) in [6, 6.07) is 8.33. The van der Waals surface area contributed by atoms with Crippen molar-refractivity contribution in [2.75, 3.05) is 0 Å². The van der Waals surface area contributed by atoms with E-state index in [1.165, 1.54) is 5.56 Å². The van der Waals surface area contributed by atoms with Crippen LogP contribution >= 0.6 is 15.9 Å². The molecule has 1 N–H and O–H groups in total. The standard InChI is InChI=1S/C14H18BrNO/c1-10(2)14(7-6-13(17)16-14)9-11-4-3-5-12(15)8-11/h3-5,8,10H,6-7,9H2,1-2H3,(H,16,17). The van der Waals surface area contributed by atoms with Crippen LogP contribution in [0.2, 0.25) is 0 Å². The summed E-state index contributed by atoms with van der Waals surface area (Å²) in [5.41, 5.74) is 1.22. The van der Waals surface area contributed by atoms with Gasteiger partial charge in [0.2, 0.25) is 5.91 Å². The smallest absolute Gasteiger partial charge is 0.220 e. The lowest BCUT2D eigenvalue weighted by Gasteiger charge is -2.33. The molecular formula is C14H18BrNO. The Hall–Kier alpha value is -0.830. The summed E-state index contributed by atoms with van der Waals surface area (Å²) in [5, 5.41) is 3.18. The normalized spacial score (nSPS) is 24.1. The van der Waals surface area contributed by atoms with Gasteiger partial charge in [0.05, 0.1) is 0 Å². The quantitative estimate of drug-likeness (QED) is 0.911. The van der Waals surface area contributed by atoms with Gasteiger partial charge in [0.15, 0.2) is 0 Å². The van der Waals surface area contributed by atoms with Crippen LogP contribution in [0.5, 0.6) is 0 Å². The van der Waals surface area contributed by atoms with E-state index in [1.54, 1.807) is 0 Å². The maximum atomic E-state index is 11.5. The van der Waals surface area contributed by atoms with Crippen molar-refractivity contribution in [2.24, 2.45) is 5.92 Å². The van der Waals surface area contributed by atoms with E-state index in [2.05, 4.69) is 47.2 Å². The molecule has 0 saturated carbocycles. The van der Waals surface area contributed by atoms with Crippen molar-refractivity contribution in [2.45, 2.75) is 38.6 Å². The fourth-order valence-electron chi connectivity index (χ4n) is 2.52. The van der Waals surface area contributed by atoms with Gasteiger partial charge in [-0.05, 0) is 36.5 Å². The summed E-state index contributed by atoms with van der Waals surface area (Å²) < 4.78 is 1.10. The van der Waals surface area contributed by atoms with E-state index in [0.717, 1.165) is 17.3 Å². The third-order valence-corrected chi connectivity index (χ3v) is 4.19. The van der Waals surface area contributed by atoms with Crippen molar-refractivity contribution in [1.82, 2.24) is 5.32 Å². The fourth-order valence-corrected chi connectivity index (χ4v) is 2.97. The van der Waals surface area contributed by atoms with Crippen LogP contribution < -0.4 is 5.32 Å². The molecule has 1 aliphatic heterocycles. The lowest BCUT2D eigenvalue weighted by Crippen LogP contribution is -2.48. The Morgan fingerprint density at radius 2 is 2.24 bits per heavy atom. The second kappa shape index (κ2) is 4.81. The van der Waals surface area contributed by atoms with Crippen LogP contribution in [0.25, 0.3) is 0 Å². The highest BCUT2D eigenvalue weighted by Crippen LogP contribution is 2.32. The molecule has 0 bridgehead atoms. The van der Waals surface area contributed by atoms with Crippen LogP contribution in [-0.4, -0.2) is 11.4 Å². The molecule has 1 fully saturated rings. The molecule has 0 aromatic heterocycles. The average molecular weight is 296 g/mol. The van der Waals surface area contributed by atoms with E-state index in [9.17, 15) is 4.79 Å². The number of rotatable bonds is 3. The third-order valence-electron chi connectivity index (χ3n) is 3.70. The fraction of sp³-hybridized carbons (Fsp3) is 0.500. The van der Waals surface area contributed by atoms with Crippen LogP contribution in [0.1, 0.15) is 32.3 Å². The van der Waals surface area contributed by atoms with Crippen molar-refractivity contribution < 1.29 is 4.79 Å². The molecular weight excluding hydrogens is 278 g/mol. The number of halogens is 1. The summed E-state index contributed by atoms with van der Waals surface area (Å²) in [6.45, 7) is 4.37. The molecule has 1 aromatic rings. The summed E-state index contributed by atoms with van der Waals surface area (Å²) in [7, 11) is 0. The van der Waals surface area contributed by atoms with Gasteiger partial charge in [0, 0.05) is 16.4 Å². The van der Waals surface area contributed by atoms with Gasteiger partial charge in [0.25, 0.3) is 0 Å². The highest BCUT2D eigenvalue weighted by Gasteiger charge is 2.40. The summed E-state index contributed by atoms with van der Waals surface area (Å²) >= 11 is 3.49. The maximum absolute atomic E-state index is 11.5. The van der Waals surface area contributed by atoms with E-state index in [-0.39, 0.29) is 11.4 Å². The van der Waals surface area contributed by atoms with Crippen molar-refractivity contribution in [3.63, 3.8) is 0 Å². The molecule has 0 spiro atoms. The van der Waals surface area contributed by atoms with E-state index in [1.807, 2.05) is 12.1 Å². The third kappa shape index (κ3) is 2.71. The Morgan fingerprint density at radius 3 is 2.76 bits per heavy atom. The first-order valence-electron chi connectivity index (χ1n) is 6.07. The Labute approximate surface area is 111 Å². The van der Waals surface area contributed by atoms with Gasteiger partial charge >= 0.3 is 0 Å². The largest absolute Gasteiger partial charge is 0.350 e. The number of benzene rings is 1. The van der Waals surface area contributed by atoms with Gasteiger partial charge in [-0.3, -0.25) is 4.79 Å². The van der Waals surface area contributed by atoms with Crippen LogP contribution in [0.15, 0.2) is 28.7 Å². The Bertz CT molecular complexity index is 430. The SMILES string of the molecule is CC(C)C1(Cc2cccc(Br)c2)CCC(=O)N1. The van der Waals surface area contributed by atoms with E-state index in [0.29, 0.717) is 12.3 Å². The topological polar surface area (TPSA) is 29.1 Å². The van der Waals surface area contributed by atoms with Gasteiger partial charge in [-0.2, -0.15) is 0 Å². The van der Waals surface area contributed by atoms with Crippen LogP contribution in [-0.2, 0) is 11.2 Å². The summed E-state index contributed by atoms with van der Waals surface area (Å²) in [5.74, 6) is 0.640. The number of hydrogen-bond acceptors (Lipinski definition) is 1. The molecule has 1 unspecified atom stereocenters. The zero-order valence-corrected chi connectivity index (χ0v) is 11.9. The van der Waals surface area contributed by atoms with E-state index >= 15 is 0 Å². The molecule has 17 heavy (non-hydrogen) atoms. The molecule has 3 heteroatoms. The maximum Gasteiger partial charge on any atom is 0.220 e. The van der Waals surface area contributed by atoms with Crippen LogP contribution in [0, 0.1) is 5.92 Å². The van der Waals surface area contributed by atoms with Gasteiger partial charge in [-0.25, -0.2) is 0 Å². The minimum atomic E-state index is -0.0577. The first kappa shape index (κ1) is 12.6. The first-order valence-corrected chi connectivity index (χ1v) is 6.87. The summed E-state index contributed by atoms with van der Waals surface area (Å²) in [6.07, 6.45) is 2.51. The van der Waals surface area contributed by atoms with Crippen molar-refractivity contribution in [3.05, 3.63) is 34.3 Å². The molecule has 2 nitrogen and oxygen atoms in total. The summed E-state index contributed by atoms with van der Waals surface area (Å²) in [4.78, 5) is 11.5. The molecule has 0 aliphatic carbocycles. The molecule has 2 rings (SSSR count). The number of amides is 1. The van der Waals surface area contributed by atoms with Gasteiger partial charge in [-0.15, -0.1) is 0 Å². The van der Waals surface area contributed by atoms with E-state index in [4.69, 9.17) is 0 Å². The second-order valence-corrected chi connectivity index (χ2v) is 6.08. The monoisotopic (exact) mass is 295 g/mol. The molecule has 1 heterocycles. The second-order valence-electron chi connectivity index (χ2n) is 5.17. The highest BCUT2D eigenvalue weighted by molar-refractivity contribution is 9.10. The molecule has 1 atom stereocenters. The molecule has 0 radical (unpaired) electrons. The first-order chi connectivity index (χ1) is 8.02. The lowest BCUT2D eigenvalue weighted by molar-refractivity contribution is -0.120. The predicted molar refractivity (Wildman–Crippen MR) is 72.8 cm³/mol. The molecule has 1 aliphatic rings. The zero-order valence-electron chi connectivity index (χ0n) is 10.3. The van der Waals surface area contributed by atoms with Crippen molar-refractivity contribution >= 4 is 21.8 Å². The van der Waals surface area contributed by atoms with E-state index < -0.39 is 0 Å². The average Bonchev–Trinajstić information content (AvgIpc) is 2.61. The Balaban J connectivity index is 2.22. The minimum Gasteiger partial charge on any atom is -0.350 e. The lowest BCUT2D eigenvalue weighted by atomic mass is 9.80. The van der Waals surface area contributed by atoms with Gasteiger partial charge in [0.1, 0.15) is 0 Å². The minimum absolute atomic E-state index is 0.0577. The molecule has 1 amide bonds. The predicted octanol–water partition coefficient (Wildman–Crippen LogP) is 3.30. The Morgan fingerprint density at radius 1 is 1.47 bits per heavy atom. The zero-order chi connectivity index (χ0) is 12.5. The van der Waals surface area contributed by atoms with Crippen LogP contribution in [0.4, 0.5) is 0 Å². The number of carbonyl (C=O) groups excluding carboxylic acids is 1.